The van der Waals surface area contributed by atoms with Gasteiger partial charge in [0.25, 0.3) is 0 Å². The van der Waals surface area contributed by atoms with Crippen molar-refractivity contribution in [3.63, 3.8) is 0 Å². The van der Waals surface area contributed by atoms with E-state index < -0.39 is 0 Å². The van der Waals surface area contributed by atoms with E-state index in [1.165, 1.54) is 35.4 Å². The van der Waals surface area contributed by atoms with Gasteiger partial charge in [-0.1, -0.05) is 52.4 Å². The van der Waals surface area contributed by atoms with E-state index >= 15 is 0 Å². The summed E-state index contributed by atoms with van der Waals surface area (Å²) in [6.07, 6.45) is 17.0. The maximum absolute atomic E-state index is 3.34. The van der Waals surface area contributed by atoms with Crippen LogP contribution in [0.15, 0.2) is 35.5 Å². The molecule has 2 rings (SSSR count). The third kappa shape index (κ3) is 10.9. The summed E-state index contributed by atoms with van der Waals surface area (Å²) in [5.41, 5.74) is 3.48. The molecule has 0 aliphatic heterocycles. The van der Waals surface area contributed by atoms with Gasteiger partial charge in [-0.2, -0.15) is 23.3 Å². The van der Waals surface area contributed by atoms with Gasteiger partial charge in [-0.25, -0.2) is 12.2 Å². The fourth-order valence-electron chi connectivity index (χ4n) is 1.84. The normalized spacial score (nSPS) is 15.3. The van der Waals surface area contributed by atoms with E-state index in [1.807, 2.05) is 0 Å². The van der Waals surface area contributed by atoms with Crippen molar-refractivity contribution in [2.24, 2.45) is 10.8 Å². The van der Waals surface area contributed by atoms with E-state index in [0.29, 0.717) is 10.8 Å². The Labute approximate surface area is 165 Å². The minimum atomic E-state index is 0. The van der Waals surface area contributed by atoms with Crippen LogP contribution >= 0.6 is 24.8 Å². The first-order valence-corrected chi connectivity index (χ1v) is 8.85. The Morgan fingerprint density at radius 1 is 0.773 bits per heavy atom. The summed E-state index contributed by atoms with van der Waals surface area (Å²) in [6.45, 7) is 13.3. The van der Waals surface area contributed by atoms with Gasteiger partial charge in [0.1, 0.15) is 0 Å². The van der Waals surface area contributed by atoms with E-state index in [1.54, 1.807) is 0 Å². The molecule has 0 amide bonds. The fourth-order valence-corrected chi connectivity index (χ4v) is 1.84. The second kappa shape index (κ2) is 12.7. The Kier molecular flexibility index (Phi) is 15.7. The molecule has 0 saturated carbocycles. The molecule has 0 bridgehead atoms. The quantitative estimate of drug-likeness (QED) is 0.406. The molecule has 2 aliphatic rings. The number of hydrogen-bond acceptors (Lipinski definition) is 0. The van der Waals surface area contributed by atoms with E-state index in [2.05, 4.69) is 82.2 Å². The van der Waals surface area contributed by atoms with Crippen molar-refractivity contribution in [3.05, 3.63) is 47.6 Å². The summed E-state index contributed by atoms with van der Waals surface area (Å²) in [5, 5.41) is 0. The Morgan fingerprint density at radius 2 is 1.05 bits per heavy atom. The monoisotopic (exact) mass is 418 g/mol. The van der Waals surface area contributed by atoms with Crippen LogP contribution in [0.2, 0.25) is 0 Å². The molecule has 0 atom stereocenters. The van der Waals surface area contributed by atoms with E-state index in [4.69, 9.17) is 0 Å². The molecule has 0 heterocycles. The Balaban J connectivity index is -0.000000273. The predicted molar refractivity (Wildman–Crippen MR) is 102 cm³/mol. The van der Waals surface area contributed by atoms with Crippen molar-refractivity contribution in [3.8, 4) is 0 Å². The first-order valence-electron chi connectivity index (χ1n) is 7.11. The third-order valence-corrected chi connectivity index (χ3v) is 3.13. The average molecular weight is 421 g/mol. The molecule has 0 radical (unpaired) electrons. The molecular formula is C19H30Cl2Zr. The molecule has 0 aromatic rings. The molecule has 0 aromatic heterocycles. The van der Waals surface area contributed by atoms with Crippen LogP contribution in [-0.4, -0.2) is 4.21 Å². The minimum absolute atomic E-state index is 0. The molecule has 0 spiro atoms. The van der Waals surface area contributed by atoms with Gasteiger partial charge >= 0.3 is 28.4 Å². The zero-order valence-corrected chi connectivity index (χ0v) is 18.8. The summed E-state index contributed by atoms with van der Waals surface area (Å²) in [7, 11) is 0. The van der Waals surface area contributed by atoms with E-state index in [0.717, 1.165) is 12.8 Å². The average Bonchev–Trinajstić information content (AvgIpc) is 3.04. The number of allylic oxidation sites excluding steroid dienone is 8. The van der Waals surface area contributed by atoms with Crippen LogP contribution in [0.3, 0.4) is 0 Å². The summed E-state index contributed by atoms with van der Waals surface area (Å²) < 4.78 is 3.34. The van der Waals surface area contributed by atoms with Crippen molar-refractivity contribution in [2.75, 3.05) is 0 Å². The van der Waals surface area contributed by atoms with Crippen LogP contribution in [0.4, 0.5) is 0 Å². The Hall–Kier alpha value is 0.293. The molecule has 0 N–H and O–H groups in total. The number of rotatable bonds is 0. The van der Waals surface area contributed by atoms with Gasteiger partial charge < -0.3 is 0 Å². The molecule has 3 heteroatoms. The molecule has 124 valence electrons. The van der Waals surface area contributed by atoms with Crippen molar-refractivity contribution in [2.45, 2.75) is 54.4 Å². The van der Waals surface area contributed by atoms with Crippen LogP contribution in [0.1, 0.15) is 54.4 Å². The van der Waals surface area contributed by atoms with E-state index in [-0.39, 0.29) is 24.8 Å². The number of hydrogen-bond donors (Lipinski definition) is 0. The summed E-state index contributed by atoms with van der Waals surface area (Å²) in [4.78, 5) is 0. The van der Waals surface area contributed by atoms with Crippen molar-refractivity contribution in [1.82, 2.24) is 0 Å². The van der Waals surface area contributed by atoms with Gasteiger partial charge in [-0.3, -0.25) is 12.2 Å². The fraction of sp³-hybridized carbons (Fsp3) is 0.526. The molecule has 0 saturated heterocycles. The van der Waals surface area contributed by atoms with Crippen LogP contribution in [-0.2, 0) is 24.2 Å². The van der Waals surface area contributed by atoms with Crippen molar-refractivity contribution >= 4 is 29.0 Å². The summed E-state index contributed by atoms with van der Waals surface area (Å²) in [6, 6.07) is 0. The van der Waals surface area contributed by atoms with Crippen LogP contribution in [0.25, 0.3) is 0 Å². The molecule has 0 nitrogen and oxygen atoms in total. The molecular weight excluding hydrogens is 390 g/mol. The zero-order valence-electron chi connectivity index (χ0n) is 14.7. The molecule has 22 heavy (non-hydrogen) atoms. The Morgan fingerprint density at radius 3 is 1.14 bits per heavy atom. The molecule has 0 fully saturated rings. The second-order valence-electron chi connectivity index (χ2n) is 6.92. The van der Waals surface area contributed by atoms with Crippen molar-refractivity contribution < 1.29 is 24.2 Å². The standard InChI is InChI=1S/2C9H13.CH2.2ClH.Zr/c2*1-9(2,3)8-6-4-5-7-8;;;;/h2*6-7H,4H2,1-3H3;1H2;2*1H;/q2*-1;;;;+2. The SMILES string of the molecule is CC(C)(C)C1=CC[C-]=C1.CC(C)(C)C1=CC[C-]=C1.Cl.Cl.[CH2]=[Zr+2]. The van der Waals surface area contributed by atoms with Crippen molar-refractivity contribution in [1.29, 1.82) is 0 Å². The van der Waals surface area contributed by atoms with Crippen LogP contribution < -0.4 is 0 Å². The topological polar surface area (TPSA) is 0 Å². The van der Waals surface area contributed by atoms with Gasteiger partial charge in [0.05, 0.1) is 0 Å². The predicted octanol–water partition coefficient (Wildman–Crippen LogP) is 6.25. The second-order valence-corrected chi connectivity index (χ2v) is 6.92. The Bertz CT molecular complexity index is 376. The maximum atomic E-state index is 3.34. The van der Waals surface area contributed by atoms with Gasteiger partial charge in [0, 0.05) is 0 Å². The van der Waals surface area contributed by atoms with Gasteiger partial charge in [0.15, 0.2) is 0 Å². The van der Waals surface area contributed by atoms with Crippen LogP contribution in [0.5, 0.6) is 0 Å². The zero-order chi connectivity index (χ0) is 15.8. The molecule has 2 aliphatic carbocycles. The molecule has 0 aromatic carbocycles. The van der Waals surface area contributed by atoms with Gasteiger partial charge in [-0.15, -0.1) is 37.7 Å². The summed E-state index contributed by atoms with van der Waals surface area (Å²) >= 11 is 1.30. The van der Waals surface area contributed by atoms with Gasteiger partial charge in [0.2, 0.25) is 0 Å². The first kappa shape index (κ1) is 27.2. The first-order chi connectivity index (χ1) is 9.21. The third-order valence-electron chi connectivity index (χ3n) is 3.13. The molecule has 0 unspecified atom stereocenters. The summed E-state index contributed by atoms with van der Waals surface area (Å²) in [5.74, 6) is 0. The van der Waals surface area contributed by atoms with Crippen LogP contribution in [0, 0.1) is 23.0 Å². The number of halogens is 2. The van der Waals surface area contributed by atoms with E-state index in [9.17, 15) is 0 Å². The van der Waals surface area contributed by atoms with Gasteiger partial charge in [-0.05, 0) is 0 Å².